The van der Waals surface area contributed by atoms with Crippen LogP contribution >= 0.6 is 15.9 Å². The summed E-state index contributed by atoms with van der Waals surface area (Å²) in [5.41, 5.74) is 26.3. The highest BCUT2D eigenvalue weighted by Crippen LogP contribution is 2.62. The number of hydrogen-bond donors (Lipinski definition) is 1. The van der Waals surface area contributed by atoms with Gasteiger partial charge in [-0.1, -0.05) is 302 Å². The summed E-state index contributed by atoms with van der Waals surface area (Å²) in [6.45, 7) is 0. The fraction of sp³-hybridized carbons (Fsp3) is 0.0192. The van der Waals surface area contributed by atoms with Crippen LogP contribution in [0.4, 0.5) is 28.4 Å². The third kappa shape index (κ3) is 10.7. The Hall–Kier alpha value is -13.8. The van der Waals surface area contributed by atoms with Crippen molar-refractivity contribution in [2.75, 3.05) is 10.2 Å². The molecule has 110 heavy (non-hydrogen) atoms. The lowest BCUT2D eigenvalue weighted by molar-refractivity contribution is 0.773. The lowest BCUT2D eigenvalue weighted by Crippen LogP contribution is -2.32. The molecule has 0 unspecified atom stereocenters. The first-order chi connectivity index (χ1) is 54.0. The summed E-state index contributed by atoms with van der Waals surface area (Å²) in [5, 5.41) is 18.7. The van der Waals surface area contributed by atoms with E-state index in [-0.39, 0.29) is 7.43 Å². The number of rotatable bonds is 8. The molecule has 1 N–H and O–H groups in total. The Balaban J connectivity index is 0.000000128. The van der Waals surface area contributed by atoms with Crippen molar-refractivity contribution in [2.24, 2.45) is 0 Å². The monoisotopic (exact) mass is 1470 g/mol. The second-order valence-corrected chi connectivity index (χ2v) is 29.4. The summed E-state index contributed by atoms with van der Waals surface area (Å²) in [5.74, 6) is 0. The molecule has 0 bridgehead atoms. The van der Waals surface area contributed by atoms with Crippen molar-refractivity contribution in [1.29, 1.82) is 0 Å². The van der Waals surface area contributed by atoms with Gasteiger partial charge in [-0.3, -0.25) is 0 Å². The SMILES string of the molecule is Brc1ccc2c3ccccc3n(-c3ccccc3)c2c1.C.c1ccc(-n2c3ccccc3c3ccc(N(c4ccc5c(c4)C4(c6ccccc6-c6ccccc64)c4cccc6cccc-5c46)c4ccc5ccccc5c4)cc32)cc1.c1ccc(-n2c3ccccc3c3ccc(Nc4ccc5ccccc5c4)cc32)cc1. The molecular weight excluding hydrogens is 1400 g/mol. The molecule has 0 radical (unpaired) electrons. The van der Waals surface area contributed by atoms with E-state index in [2.05, 4.69) is 440 Å². The van der Waals surface area contributed by atoms with E-state index in [1.165, 1.54) is 154 Å². The van der Waals surface area contributed by atoms with Gasteiger partial charge < -0.3 is 23.9 Å². The van der Waals surface area contributed by atoms with E-state index in [0.717, 1.165) is 38.6 Å². The standard InChI is InChI=1S/C57H36N2.C28H20N2.C18H12BrN.CH4/c1-2-18-40(19-3-1)59-54-27-11-8-22-47(54)48-33-31-43(36-55(48)59)58(41-29-28-37-14-4-5-15-39(37)34-41)42-30-32-46-49-23-12-16-38-17-13-26-52(56(38)49)57(53(46)35-42)50-24-9-6-20-44(50)45-21-7-10-25-51(45)57;1-2-10-24(11-3-1)30-27-13-7-6-12-25(27)26-17-16-23(19-28(26)30)29-22-15-14-20-8-4-5-9-21(20)18-22;19-13-10-11-16-15-8-4-5-9-17(15)20(18(16)12-13)14-6-2-1-3-7-14;/h1-36H;1-19,29H;1-12H;1H4. The minimum absolute atomic E-state index is 0. The average Bonchev–Trinajstić information content (AvgIpc) is 1.57. The molecule has 1 spiro atoms. The predicted molar refractivity (Wildman–Crippen MR) is 470 cm³/mol. The maximum atomic E-state index is 3.60. The first-order valence-corrected chi connectivity index (χ1v) is 38.1. The van der Waals surface area contributed by atoms with Gasteiger partial charge in [0.25, 0.3) is 0 Å². The van der Waals surface area contributed by atoms with Crippen molar-refractivity contribution in [3.05, 3.63) is 433 Å². The summed E-state index contributed by atoms with van der Waals surface area (Å²) < 4.78 is 8.18. The number of nitrogens with zero attached hydrogens (tertiary/aromatic N) is 4. The minimum atomic E-state index is -0.509. The van der Waals surface area contributed by atoms with Gasteiger partial charge in [0, 0.05) is 82.3 Å². The van der Waals surface area contributed by atoms with Gasteiger partial charge in [0.05, 0.1) is 38.5 Å². The fourth-order valence-corrected chi connectivity index (χ4v) is 18.3. The van der Waals surface area contributed by atoms with Crippen LogP contribution in [0.3, 0.4) is 0 Å². The van der Waals surface area contributed by atoms with Gasteiger partial charge in [-0.05, 0) is 204 Å². The van der Waals surface area contributed by atoms with E-state index < -0.39 is 5.41 Å². The Labute approximate surface area is 646 Å². The quantitative estimate of drug-likeness (QED) is 0.164. The lowest BCUT2D eigenvalue weighted by Gasteiger charge is -2.41. The highest BCUT2D eigenvalue weighted by atomic mass is 79.9. The van der Waals surface area contributed by atoms with Crippen molar-refractivity contribution in [1.82, 2.24) is 13.7 Å². The molecular formula is C104H72BrN5. The predicted octanol–water partition coefficient (Wildman–Crippen LogP) is 28.8. The molecule has 0 fully saturated rings. The van der Waals surface area contributed by atoms with Crippen LogP contribution in [0.25, 0.3) is 137 Å². The number of nitrogens with one attached hydrogen (secondary N) is 1. The van der Waals surface area contributed by atoms with Crippen molar-refractivity contribution in [2.45, 2.75) is 12.8 Å². The van der Waals surface area contributed by atoms with Crippen LogP contribution in [0.5, 0.6) is 0 Å². The van der Waals surface area contributed by atoms with Crippen LogP contribution in [0.2, 0.25) is 0 Å². The van der Waals surface area contributed by atoms with Gasteiger partial charge in [-0.2, -0.15) is 0 Å². The van der Waals surface area contributed by atoms with Crippen LogP contribution in [-0.2, 0) is 5.41 Å². The van der Waals surface area contributed by atoms with Gasteiger partial charge in [-0.15, -0.1) is 0 Å². The van der Waals surface area contributed by atoms with E-state index in [1.54, 1.807) is 0 Å². The largest absolute Gasteiger partial charge is 0.355 e. The number of para-hydroxylation sites is 6. The highest BCUT2D eigenvalue weighted by molar-refractivity contribution is 9.10. The van der Waals surface area contributed by atoms with Crippen LogP contribution < -0.4 is 10.2 Å². The van der Waals surface area contributed by atoms with Crippen molar-refractivity contribution >= 4 is 142 Å². The third-order valence-electron chi connectivity index (χ3n) is 22.5. The van der Waals surface area contributed by atoms with E-state index >= 15 is 0 Å². The van der Waals surface area contributed by atoms with Crippen LogP contribution in [0.1, 0.15) is 29.7 Å². The summed E-state index contributed by atoms with van der Waals surface area (Å²) in [7, 11) is 0. The Morgan fingerprint density at radius 2 is 0.609 bits per heavy atom. The van der Waals surface area contributed by atoms with Gasteiger partial charge in [0.1, 0.15) is 0 Å². The summed E-state index contributed by atoms with van der Waals surface area (Å²) >= 11 is 3.58. The molecule has 0 saturated heterocycles. The van der Waals surface area contributed by atoms with Gasteiger partial charge in [-0.25, -0.2) is 0 Å². The number of anilines is 5. The van der Waals surface area contributed by atoms with Crippen LogP contribution in [-0.4, -0.2) is 13.7 Å². The molecule has 2 aliphatic rings. The van der Waals surface area contributed by atoms with Gasteiger partial charge in [0.15, 0.2) is 0 Å². The first-order valence-electron chi connectivity index (χ1n) is 37.3. The maximum Gasteiger partial charge on any atom is 0.0726 e. The molecule has 18 aromatic carbocycles. The van der Waals surface area contributed by atoms with Crippen molar-refractivity contribution < 1.29 is 0 Å². The van der Waals surface area contributed by atoms with Gasteiger partial charge in [0.2, 0.25) is 0 Å². The highest BCUT2D eigenvalue weighted by Gasteiger charge is 2.50. The summed E-state index contributed by atoms with van der Waals surface area (Å²) in [6, 6.07) is 148. The van der Waals surface area contributed by atoms with Crippen LogP contribution in [0.15, 0.2) is 411 Å². The minimum Gasteiger partial charge on any atom is -0.355 e. The lowest BCUT2D eigenvalue weighted by atomic mass is 9.61. The number of benzene rings is 18. The third-order valence-corrected chi connectivity index (χ3v) is 23.0. The number of halogens is 1. The zero-order chi connectivity index (χ0) is 72.1. The number of fused-ring (bicyclic) bond motifs is 20. The normalized spacial score (nSPS) is 12.2. The molecule has 21 aromatic rings. The second kappa shape index (κ2) is 26.9. The summed E-state index contributed by atoms with van der Waals surface area (Å²) in [4.78, 5) is 2.47. The Bertz CT molecular complexity index is 7120. The molecule has 5 nitrogen and oxygen atoms in total. The molecule has 6 heteroatoms. The molecule has 0 atom stereocenters. The van der Waals surface area contributed by atoms with Crippen molar-refractivity contribution in [3.8, 4) is 39.3 Å². The molecule has 23 rings (SSSR count). The fourth-order valence-electron chi connectivity index (χ4n) is 17.9. The van der Waals surface area contributed by atoms with E-state index in [0.29, 0.717) is 0 Å². The van der Waals surface area contributed by atoms with Crippen molar-refractivity contribution in [3.63, 3.8) is 0 Å². The van der Waals surface area contributed by atoms with Gasteiger partial charge >= 0.3 is 0 Å². The Kier molecular flexibility index (Phi) is 16.1. The molecule has 3 heterocycles. The smallest absolute Gasteiger partial charge is 0.0726 e. The molecule has 3 aromatic heterocycles. The Morgan fingerprint density at radius 1 is 0.236 bits per heavy atom. The van der Waals surface area contributed by atoms with Crippen LogP contribution in [0, 0.1) is 0 Å². The average molecular weight is 1470 g/mol. The van der Waals surface area contributed by atoms with E-state index in [9.17, 15) is 0 Å². The zero-order valence-corrected chi connectivity index (χ0v) is 60.9. The molecule has 0 amide bonds. The number of aromatic nitrogens is 3. The first kappa shape index (κ1) is 65.7. The Morgan fingerprint density at radius 3 is 1.20 bits per heavy atom. The molecule has 2 aliphatic carbocycles. The topological polar surface area (TPSA) is 30.1 Å². The summed E-state index contributed by atoms with van der Waals surface area (Å²) in [6.07, 6.45) is 0. The maximum absolute atomic E-state index is 3.60. The number of hydrogen-bond acceptors (Lipinski definition) is 2. The van der Waals surface area contributed by atoms with E-state index in [1.807, 2.05) is 6.07 Å². The second-order valence-electron chi connectivity index (χ2n) is 28.5. The van der Waals surface area contributed by atoms with E-state index in [4.69, 9.17) is 0 Å². The molecule has 0 saturated carbocycles. The zero-order valence-electron chi connectivity index (χ0n) is 59.3. The molecule has 0 aliphatic heterocycles. The molecule has 520 valence electrons.